The summed E-state index contributed by atoms with van der Waals surface area (Å²) in [6.45, 7) is 3.63. The van der Waals surface area contributed by atoms with E-state index in [1.807, 2.05) is 0 Å². The zero-order chi connectivity index (χ0) is 12.8. The highest BCUT2D eigenvalue weighted by Gasteiger charge is 2.33. The van der Waals surface area contributed by atoms with Crippen LogP contribution < -0.4 is 0 Å². The van der Waals surface area contributed by atoms with Gasteiger partial charge in [-0.15, -0.1) is 0 Å². The number of carbonyl (C=O) groups excluding carboxylic acids is 3. The Morgan fingerprint density at radius 2 is 1.88 bits per heavy atom. The van der Waals surface area contributed by atoms with Crippen molar-refractivity contribution in [1.82, 2.24) is 0 Å². The Kier molecular flexibility index (Phi) is 5.32. The molecule has 0 amide bonds. The van der Waals surface area contributed by atoms with Crippen molar-refractivity contribution in [3.05, 3.63) is 0 Å². The molecule has 0 bridgehead atoms. The molecule has 1 atom stereocenters. The fraction of sp³-hybridized carbons (Fsp3) is 0.769. The van der Waals surface area contributed by atoms with Crippen molar-refractivity contribution in [3.8, 4) is 0 Å². The maximum Gasteiger partial charge on any atom is 0.316 e. The molecule has 0 aromatic rings. The van der Waals surface area contributed by atoms with Gasteiger partial charge in [-0.2, -0.15) is 0 Å². The number of esters is 1. The number of rotatable bonds is 7. The molecule has 1 fully saturated rings. The van der Waals surface area contributed by atoms with Crippen LogP contribution in [0.1, 0.15) is 46.0 Å². The van der Waals surface area contributed by atoms with Gasteiger partial charge in [-0.1, -0.05) is 13.3 Å². The average molecular weight is 240 g/mol. The van der Waals surface area contributed by atoms with E-state index in [2.05, 4.69) is 0 Å². The molecule has 17 heavy (non-hydrogen) atoms. The standard InChI is InChI=1S/C13H20O4/c1-3-11(14)10(13(16)17-4-2)8-12(15)9-6-5-7-9/h9-10H,3-8H2,1-2H3. The van der Waals surface area contributed by atoms with Gasteiger partial charge in [-0.25, -0.2) is 0 Å². The number of Topliss-reactive ketones (excluding diaryl/α,β-unsaturated/α-hetero) is 2. The molecule has 96 valence electrons. The highest BCUT2D eigenvalue weighted by atomic mass is 16.5. The van der Waals surface area contributed by atoms with E-state index >= 15 is 0 Å². The minimum Gasteiger partial charge on any atom is -0.465 e. The summed E-state index contributed by atoms with van der Waals surface area (Å²) < 4.78 is 4.85. The van der Waals surface area contributed by atoms with E-state index in [0.29, 0.717) is 0 Å². The Balaban J connectivity index is 2.59. The van der Waals surface area contributed by atoms with Crippen LogP contribution in [0, 0.1) is 11.8 Å². The minimum absolute atomic E-state index is 0.0240. The number of ketones is 2. The third-order valence-electron chi connectivity index (χ3n) is 3.27. The van der Waals surface area contributed by atoms with E-state index < -0.39 is 11.9 Å². The normalized spacial score (nSPS) is 17.1. The Morgan fingerprint density at radius 1 is 1.24 bits per heavy atom. The summed E-state index contributed by atoms with van der Waals surface area (Å²) in [6.07, 6.45) is 3.16. The van der Waals surface area contributed by atoms with Crippen LogP contribution in [0.2, 0.25) is 0 Å². The maximum absolute atomic E-state index is 11.8. The lowest BCUT2D eigenvalue weighted by molar-refractivity contribution is -0.153. The highest BCUT2D eigenvalue weighted by Crippen LogP contribution is 2.29. The van der Waals surface area contributed by atoms with Gasteiger partial charge in [0.15, 0.2) is 0 Å². The molecule has 0 saturated heterocycles. The first-order valence-corrected chi connectivity index (χ1v) is 6.32. The Hall–Kier alpha value is -1.19. The second-order valence-corrected chi connectivity index (χ2v) is 4.42. The molecule has 1 aliphatic rings. The third kappa shape index (κ3) is 3.65. The molecule has 0 N–H and O–H groups in total. The van der Waals surface area contributed by atoms with Gasteiger partial charge < -0.3 is 4.74 Å². The molecule has 1 rings (SSSR count). The lowest BCUT2D eigenvalue weighted by Crippen LogP contribution is -2.32. The van der Waals surface area contributed by atoms with Crippen molar-refractivity contribution in [2.45, 2.75) is 46.0 Å². The summed E-state index contributed by atoms with van der Waals surface area (Å²) in [5.74, 6) is -1.52. The zero-order valence-electron chi connectivity index (χ0n) is 10.5. The van der Waals surface area contributed by atoms with Gasteiger partial charge in [0.25, 0.3) is 0 Å². The van der Waals surface area contributed by atoms with E-state index in [-0.39, 0.29) is 36.9 Å². The van der Waals surface area contributed by atoms with Gasteiger partial charge in [0.05, 0.1) is 6.61 Å². The van der Waals surface area contributed by atoms with Gasteiger partial charge in [0.2, 0.25) is 0 Å². The van der Waals surface area contributed by atoms with E-state index in [1.54, 1.807) is 13.8 Å². The maximum atomic E-state index is 11.8. The molecule has 0 aromatic heterocycles. The number of ether oxygens (including phenoxy) is 1. The summed E-state index contributed by atoms with van der Waals surface area (Å²) in [6, 6.07) is 0. The van der Waals surface area contributed by atoms with Crippen molar-refractivity contribution >= 4 is 17.5 Å². The van der Waals surface area contributed by atoms with Crippen molar-refractivity contribution in [3.63, 3.8) is 0 Å². The lowest BCUT2D eigenvalue weighted by Gasteiger charge is -2.25. The molecule has 0 heterocycles. The van der Waals surface area contributed by atoms with Gasteiger partial charge in [0.1, 0.15) is 17.5 Å². The summed E-state index contributed by atoms with van der Waals surface area (Å²) >= 11 is 0. The second-order valence-electron chi connectivity index (χ2n) is 4.42. The molecule has 4 nitrogen and oxygen atoms in total. The van der Waals surface area contributed by atoms with Crippen molar-refractivity contribution in [2.75, 3.05) is 6.61 Å². The minimum atomic E-state index is -0.881. The quantitative estimate of drug-likeness (QED) is 0.503. The number of hydrogen-bond acceptors (Lipinski definition) is 4. The fourth-order valence-electron chi connectivity index (χ4n) is 1.92. The Labute approximate surface area is 102 Å². The Bertz CT molecular complexity index is 305. The van der Waals surface area contributed by atoms with Crippen molar-refractivity contribution < 1.29 is 19.1 Å². The lowest BCUT2D eigenvalue weighted by atomic mass is 9.78. The summed E-state index contributed by atoms with van der Waals surface area (Å²) in [4.78, 5) is 35.1. The SMILES string of the molecule is CCOC(=O)C(CC(=O)C1CCC1)C(=O)CC. The molecule has 0 radical (unpaired) electrons. The van der Waals surface area contributed by atoms with Crippen LogP contribution in [-0.2, 0) is 19.1 Å². The van der Waals surface area contributed by atoms with Gasteiger partial charge in [0, 0.05) is 18.8 Å². The summed E-state index contributed by atoms with van der Waals surface area (Å²) in [7, 11) is 0. The zero-order valence-corrected chi connectivity index (χ0v) is 10.5. The predicted molar refractivity (Wildman–Crippen MR) is 62.4 cm³/mol. The molecular weight excluding hydrogens is 220 g/mol. The highest BCUT2D eigenvalue weighted by molar-refractivity contribution is 6.02. The Morgan fingerprint density at radius 3 is 2.29 bits per heavy atom. The third-order valence-corrected chi connectivity index (χ3v) is 3.27. The first kappa shape index (κ1) is 13.9. The van der Waals surface area contributed by atoms with E-state index in [0.717, 1.165) is 19.3 Å². The van der Waals surface area contributed by atoms with E-state index in [4.69, 9.17) is 4.74 Å². The molecule has 1 unspecified atom stereocenters. The summed E-state index contributed by atoms with van der Waals surface area (Å²) in [5, 5.41) is 0. The van der Waals surface area contributed by atoms with Crippen LogP contribution in [0.3, 0.4) is 0 Å². The van der Waals surface area contributed by atoms with Gasteiger partial charge in [-0.05, 0) is 19.8 Å². The topological polar surface area (TPSA) is 60.4 Å². The van der Waals surface area contributed by atoms with Crippen LogP contribution >= 0.6 is 0 Å². The molecule has 4 heteroatoms. The van der Waals surface area contributed by atoms with Crippen LogP contribution in [0.25, 0.3) is 0 Å². The molecule has 1 aliphatic carbocycles. The molecule has 0 spiro atoms. The van der Waals surface area contributed by atoms with Gasteiger partial charge >= 0.3 is 5.97 Å². The van der Waals surface area contributed by atoms with Crippen LogP contribution in [0.15, 0.2) is 0 Å². The summed E-state index contributed by atoms with van der Waals surface area (Å²) in [5.41, 5.74) is 0. The van der Waals surface area contributed by atoms with Crippen molar-refractivity contribution in [1.29, 1.82) is 0 Å². The van der Waals surface area contributed by atoms with Crippen LogP contribution in [-0.4, -0.2) is 24.1 Å². The predicted octanol–water partition coefficient (Wildman–Crippen LogP) is 1.90. The number of carbonyl (C=O) groups is 3. The van der Waals surface area contributed by atoms with Crippen LogP contribution in [0.5, 0.6) is 0 Å². The van der Waals surface area contributed by atoms with Gasteiger partial charge in [-0.3, -0.25) is 14.4 Å². The molecule has 0 aromatic carbocycles. The first-order valence-electron chi connectivity index (χ1n) is 6.32. The number of hydrogen-bond donors (Lipinski definition) is 0. The second kappa shape index (κ2) is 6.52. The molecule has 0 aliphatic heterocycles. The molecular formula is C13H20O4. The van der Waals surface area contributed by atoms with Crippen molar-refractivity contribution in [2.24, 2.45) is 11.8 Å². The molecule has 1 saturated carbocycles. The van der Waals surface area contributed by atoms with E-state index in [9.17, 15) is 14.4 Å². The van der Waals surface area contributed by atoms with Crippen LogP contribution in [0.4, 0.5) is 0 Å². The van der Waals surface area contributed by atoms with E-state index in [1.165, 1.54) is 0 Å². The monoisotopic (exact) mass is 240 g/mol. The average Bonchev–Trinajstić information content (AvgIpc) is 2.22. The first-order chi connectivity index (χ1) is 8.10. The smallest absolute Gasteiger partial charge is 0.316 e. The fourth-order valence-corrected chi connectivity index (χ4v) is 1.92. The largest absolute Gasteiger partial charge is 0.465 e.